The van der Waals surface area contributed by atoms with Crippen molar-refractivity contribution in [1.29, 1.82) is 0 Å². The van der Waals surface area contributed by atoms with Crippen LogP contribution in [-0.2, 0) is 5.41 Å². The molecular formula is C75H52Al2N4O6. The van der Waals surface area contributed by atoms with Crippen molar-refractivity contribution < 1.29 is 22.7 Å². The second-order valence-electron chi connectivity index (χ2n) is 21.7. The molecule has 1 aliphatic carbocycles. The summed E-state index contributed by atoms with van der Waals surface area (Å²) in [6.45, 7) is 4.35. The highest BCUT2D eigenvalue weighted by atomic mass is 27.3. The van der Waals surface area contributed by atoms with Gasteiger partial charge >= 0.3 is 30.3 Å². The number of fused-ring (bicyclic) bond motifs is 7. The Hall–Kier alpha value is -10.3. The summed E-state index contributed by atoms with van der Waals surface area (Å²) in [6, 6.07) is 87.4. The summed E-state index contributed by atoms with van der Waals surface area (Å²) in [7, 11) is 0. The van der Waals surface area contributed by atoms with Crippen LogP contribution in [0.15, 0.2) is 280 Å². The van der Waals surface area contributed by atoms with Crippen LogP contribution in [-0.4, -0.2) is 50.2 Å². The van der Waals surface area contributed by atoms with Gasteiger partial charge in [0, 0.05) is 46.3 Å². The van der Waals surface area contributed by atoms with E-state index >= 15 is 0 Å². The number of hydrogen-bond acceptors (Lipinski definition) is 10. The van der Waals surface area contributed by atoms with Crippen molar-refractivity contribution >= 4 is 73.9 Å². The molecule has 0 unspecified atom stereocenters. The van der Waals surface area contributed by atoms with Gasteiger partial charge in [-0.3, -0.25) is 19.9 Å². The topological polar surface area (TPSA) is 107 Å². The average Bonchev–Trinajstić information content (AvgIpc) is 1.72. The second-order valence-corrected chi connectivity index (χ2v) is 24.2. The van der Waals surface area contributed by atoms with Crippen LogP contribution in [0.3, 0.4) is 0 Å². The quantitative estimate of drug-likeness (QED) is 0.0868. The van der Waals surface area contributed by atoms with Gasteiger partial charge in [-0.05, 0) is 142 Å². The monoisotopic (exact) mass is 1160 g/mol. The van der Waals surface area contributed by atoms with Gasteiger partial charge in [0.25, 0.3) is 0 Å². The van der Waals surface area contributed by atoms with Crippen LogP contribution in [0.25, 0.3) is 77.0 Å². The number of aryl methyl sites for hydroxylation is 2. The van der Waals surface area contributed by atoms with Gasteiger partial charge in [0.15, 0.2) is 0 Å². The van der Waals surface area contributed by atoms with Crippen molar-refractivity contribution in [2.75, 3.05) is 0 Å². The predicted octanol–water partition coefficient (Wildman–Crippen LogP) is 17.2. The number of rotatable bonds is 16. The highest BCUT2D eigenvalue weighted by Crippen LogP contribution is 2.57. The van der Waals surface area contributed by atoms with Gasteiger partial charge in [-0.25, -0.2) is 0 Å². The normalized spacial score (nSPS) is 12.1. The van der Waals surface area contributed by atoms with Crippen LogP contribution >= 0.6 is 0 Å². The molecule has 4 aromatic heterocycles. The summed E-state index contributed by atoms with van der Waals surface area (Å²) in [5, 5.41) is 3.84. The molecule has 0 saturated heterocycles. The molecule has 10 aromatic carbocycles. The van der Waals surface area contributed by atoms with Crippen LogP contribution in [0.5, 0.6) is 34.5 Å². The molecule has 0 radical (unpaired) electrons. The molecule has 1 aliphatic rings. The molecule has 0 amide bonds. The molecule has 4 heterocycles. The lowest BCUT2D eigenvalue weighted by molar-refractivity contribution is 0.309. The lowest BCUT2D eigenvalue weighted by atomic mass is 9.67. The number of hydrogen-bond donors (Lipinski definition) is 0. The molecular weight excluding hydrogens is 1110 g/mol. The van der Waals surface area contributed by atoms with Crippen molar-refractivity contribution in [3.63, 3.8) is 0 Å². The van der Waals surface area contributed by atoms with E-state index in [0.29, 0.717) is 34.5 Å². The van der Waals surface area contributed by atoms with Crippen LogP contribution in [0.1, 0.15) is 33.4 Å². The lowest BCUT2D eigenvalue weighted by Gasteiger charge is -2.34. The molecule has 0 aliphatic heterocycles. The summed E-state index contributed by atoms with van der Waals surface area (Å²) in [4.78, 5) is 18.6. The molecule has 0 bridgehead atoms. The molecule has 0 atom stereocenters. The zero-order chi connectivity index (χ0) is 58.3. The van der Waals surface area contributed by atoms with Gasteiger partial charge in [0.05, 0.1) is 16.9 Å². The van der Waals surface area contributed by atoms with E-state index in [0.717, 1.165) is 65.9 Å². The summed E-state index contributed by atoms with van der Waals surface area (Å²) in [6.07, 6.45) is 7.05. The fourth-order valence-electron chi connectivity index (χ4n) is 12.1. The van der Waals surface area contributed by atoms with Gasteiger partial charge in [0.1, 0.15) is 45.1 Å². The SMILES string of the molecule is Cc1ccc2c(c1)-c1cc(C)ccc1C2(c1ccc(-c2ccc([O][Al]([O]c3cccc4cccnc34)[O]c3cccc4cccnc34)cc2)cc1)c1ccc(-c2ccc([O][Al]([O]c3cccc4cccnc34)[O]c3cccc4cccnc34)cc2)cc1. The Morgan fingerprint density at radius 2 is 0.575 bits per heavy atom. The Balaban J connectivity index is 0.725. The lowest BCUT2D eigenvalue weighted by Crippen LogP contribution is -2.37. The van der Waals surface area contributed by atoms with Crippen molar-refractivity contribution in [1.82, 2.24) is 19.9 Å². The van der Waals surface area contributed by atoms with Crippen molar-refractivity contribution in [2.24, 2.45) is 0 Å². The third-order valence-corrected chi connectivity index (χ3v) is 18.9. The van der Waals surface area contributed by atoms with Gasteiger partial charge in [-0.15, -0.1) is 0 Å². The maximum Gasteiger partial charge on any atom is 1.20 e. The minimum Gasteiger partial charge on any atom is -0.577 e. The molecule has 414 valence electrons. The Morgan fingerprint density at radius 3 is 0.885 bits per heavy atom. The van der Waals surface area contributed by atoms with Crippen LogP contribution in [0, 0.1) is 13.8 Å². The smallest absolute Gasteiger partial charge is 0.577 e. The number of nitrogens with zero attached hydrogens (tertiary/aromatic N) is 4. The Labute approximate surface area is 513 Å². The summed E-state index contributed by atoms with van der Waals surface area (Å²) in [5.41, 5.74) is 16.3. The van der Waals surface area contributed by atoms with E-state index < -0.39 is 35.7 Å². The summed E-state index contributed by atoms with van der Waals surface area (Å²) in [5.74, 6) is 3.62. The summed E-state index contributed by atoms with van der Waals surface area (Å²) < 4.78 is 40.0. The first-order valence-electron chi connectivity index (χ1n) is 28.9. The molecule has 15 rings (SSSR count). The van der Waals surface area contributed by atoms with Crippen LogP contribution < -0.4 is 22.7 Å². The first-order chi connectivity index (χ1) is 42.9. The van der Waals surface area contributed by atoms with E-state index in [9.17, 15) is 0 Å². The standard InChI is InChI=1S/C39H30O2.4C9H7NO.2Al/c1-25-3-21-37-35(23-25)36-24-26(2)4-22-38(36)39(37,31-13-5-27(6-14-31)29-9-17-33(40)18-10-29)32-15-7-28(8-16-32)30-11-19-34(41)20-12-30;4*11-8-5-1-3-7-4-2-6-10-9(7)8;;/h3-24,40-41H,1-2H3;4*1-6,11H;;/q;;;;;2*+3/p-6. The van der Waals surface area contributed by atoms with Crippen molar-refractivity contribution in [3.8, 4) is 67.9 Å². The maximum absolute atomic E-state index is 6.68. The highest BCUT2D eigenvalue weighted by molar-refractivity contribution is 6.40. The Kier molecular flexibility index (Phi) is 14.1. The highest BCUT2D eigenvalue weighted by Gasteiger charge is 2.48. The first kappa shape index (κ1) is 53.4. The van der Waals surface area contributed by atoms with E-state index in [1.807, 2.05) is 146 Å². The molecule has 0 spiro atoms. The van der Waals surface area contributed by atoms with Gasteiger partial charge in [-0.1, -0.05) is 193 Å². The predicted molar refractivity (Wildman–Crippen MR) is 346 cm³/mol. The van der Waals surface area contributed by atoms with E-state index in [1.54, 1.807) is 24.8 Å². The van der Waals surface area contributed by atoms with Gasteiger partial charge in [0.2, 0.25) is 0 Å². The molecule has 10 nitrogen and oxygen atoms in total. The third-order valence-electron chi connectivity index (χ3n) is 16.2. The maximum atomic E-state index is 6.68. The van der Waals surface area contributed by atoms with Crippen molar-refractivity contribution in [2.45, 2.75) is 19.3 Å². The minimum absolute atomic E-state index is 0.592. The number of benzene rings is 10. The van der Waals surface area contributed by atoms with Crippen LogP contribution in [0.2, 0.25) is 0 Å². The van der Waals surface area contributed by atoms with Gasteiger partial charge in [-0.2, -0.15) is 0 Å². The van der Waals surface area contributed by atoms with E-state index in [-0.39, 0.29) is 0 Å². The molecule has 0 fully saturated rings. The number of pyridine rings is 4. The van der Waals surface area contributed by atoms with E-state index in [2.05, 4.69) is 143 Å². The first-order valence-corrected chi connectivity index (χ1v) is 31.7. The minimum atomic E-state index is -2.99. The molecule has 0 N–H and O–H groups in total. The third kappa shape index (κ3) is 10.3. The molecule has 12 heteroatoms. The number of aromatic nitrogens is 4. The largest absolute Gasteiger partial charge is 1.20 e. The van der Waals surface area contributed by atoms with Gasteiger partial charge < -0.3 is 22.7 Å². The fraction of sp³-hybridized carbons (Fsp3) is 0.0400. The Bertz CT molecular complexity index is 4380. The fourth-order valence-corrected chi connectivity index (χ4v) is 14.7. The second kappa shape index (κ2) is 22.9. The van der Waals surface area contributed by atoms with E-state index in [4.69, 9.17) is 22.7 Å². The molecule has 0 saturated carbocycles. The van der Waals surface area contributed by atoms with Crippen LogP contribution in [0.4, 0.5) is 0 Å². The Morgan fingerprint density at radius 1 is 0.287 bits per heavy atom. The zero-order valence-corrected chi connectivity index (χ0v) is 49.8. The average molecular weight is 1160 g/mol. The molecule has 14 aromatic rings. The van der Waals surface area contributed by atoms with E-state index in [1.165, 1.54) is 44.5 Å². The summed E-state index contributed by atoms with van der Waals surface area (Å²) >= 11 is -5.99. The zero-order valence-electron chi connectivity index (χ0n) is 47.5. The molecule has 87 heavy (non-hydrogen) atoms. The van der Waals surface area contributed by atoms with Crippen molar-refractivity contribution in [3.05, 3.63) is 313 Å². The number of para-hydroxylation sites is 4.